The first-order valence-corrected chi connectivity index (χ1v) is 1.86. The predicted octanol–water partition coefficient (Wildman–Crippen LogP) is 1.34. The van der Waals surface area contributed by atoms with E-state index in [0.717, 1.165) is 13.8 Å². The lowest BCUT2D eigenvalue weighted by Crippen LogP contribution is -1.78. The fraction of sp³-hybridized carbons (Fsp3) is 0.500. The Balaban J connectivity index is -0.0000000300. The number of aliphatic carboxylic acids is 2. The van der Waals surface area contributed by atoms with Gasteiger partial charge in [-0.2, -0.15) is 0 Å². The van der Waals surface area contributed by atoms with Crippen LogP contribution in [0.4, 0.5) is 0 Å². The second-order valence-electron chi connectivity index (χ2n) is 1.04. The standard InChI is InChI=1S/2C2H4O2.2BrH/c2*1-2(3)4;;/h2*1H3,(H,3,4);2*1H. The lowest BCUT2D eigenvalue weighted by atomic mass is 10.9. The fourth-order valence-corrected chi connectivity index (χ4v) is 0. The number of hydrogen-bond donors (Lipinski definition) is 2. The second-order valence-corrected chi connectivity index (χ2v) is 1.04. The van der Waals surface area contributed by atoms with Crippen molar-refractivity contribution in [3.63, 3.8) is 0 Å². The molecule has 0 rings (SSSR count). The maximum atomic E-state index is 9.00. The Bertz CT molecular complexity index is 73.3. The minimum absolute atomic E-state index is 0. The van der Waals surface area contributed by atoms with Crippen LogP contribution in [0.5, 0.6) is 0 Å². The van der Waals surface area contributed by atoms with E-state index in [4.69, 9.17) is 19.8 Å². The summed E-state index contributed by atoms with van der Waals surface area (Å²) in [7, 11) is 0. The lowest BCUT2D eigenvalue weighted by Gasteiger charge is -1.59. The molecule has 4 nitrogen and oxygen atoms in total. The van der Waals surface area contributed by atoms with E-state index in [0.29, 0.717) is 0 Å². The predicted molar refractivity (Wildman–Crippen MR) is 47.3 cm³/mol. The molecule has 0 aromatic carbocycles. The monoisotopic (exact) mass is 280 g/mol. The van der Waals surface area contributed by atoms with Crippen molar-refractivity contribution in [2.45, 2.75) is 13.8 Å². The van der Waals surface area contributed by atoms with Gasteiger partial charge in [-0.15, -0.1) is 34.0 Å². The van der Waals surface area contributed by atoms with Crippen LogP contribution in [0.25, 0.3) is 0 Å². The Morgan fingerprint density at radius 3 is 0.900 bits per heavy atom. The molecule has 0 unspecified atom stereocenters. The summed E-state index contributed by atoms with van der Waals surface area (Å²) in [6, 6.07) is 0. The molecular formula is C4H10Br2O4. The van der Waals surface area contributed by atoms with Crippen molar-refractivity contribution in [2.24, 2.45) is 0 Å². The quantitative estimate of drug-likeness (QED) is 0.703. The number of carboxylic acid groups (broad SMARTS) is 2. The Morgan fingerprint density at radius 1 is 0.900 bits per heavy atom. The molecule has 2 N–H and O–H groups in total. The van der Waals surface area contributed by atoms with Gasteiger partial charge in [0.25, 0.3) is 11.9 Å². The van der Waals surface area contributed by atoms with Gasteiger partial charge in [0, 0.05) is 13.8 Å². The van der Waals surface area contributed by atoms with Gasteiger partial charge in [0.1, 0.15) is 0 Å². The van der Waals surface area contributed by atoms with E-state index in [1.165, 1.54) is 0 Å². The molecule has 0 amide bonds. The minimum atomic E-state index is -0.833. The van der Waals surface area contributed by atoms with Gasteiger partial charge in [-0.3, -0.25) is 9.59 Å². The molecule has 0 aromatic heterocycles. The lowest BCUT2D eigenvalue weighted by molar-refractivity contribution is -0.135. The molecule has 0 fully saturated rings. The molecule has 0 aromatic rings. The first kappa shape index (κ1) is 22.5. The molecule has 0 bridgehead atoms. The van der Waals surface area contributed by atoms with Crippen molar-refractivity contribution >= 4 is 45.9 Å². The van der Waals surface area contributed by atoms with Crippen molar-refractivity contribution in [3.05, 3.63) is 0 Å². The zero-order valence-corrected chi connectivity index (χ0v) is 8.95. The molecule has 0 heterocycles. The highest BCUT2D eigenvalue weighted by atomic mass is 79.9. The summed E-state index contributed by atoms with van der Waals surface area (Å²) in [5.41, 5.74) is 0. The zero-order valence-electron chi connectivity index (χ0n) is 5.53. The van der Waals surface area contributed by atoms with E-state index in [9.17, 15) is 0 Å². The van der Waals surface area contributed by atoms with Crippen molar-refractivity contribution in [2.75, 3.05) is 0 Å². The van der Waals surface area contributed by atoms with Gasteiger partial charge in [0.15, 0.2) is 0 Å². The molecule has 0 saturated heterocycles. The molecule has 64 valence electrons. The maximum Gasteiger partial charge on any atom is 0.300 e. The van der Waals surface area contributed by atoms with Gasteiger partial charge in [0.05, 0.1) is 0 Å². The molecule has 0 aliphatic heterocycles. The third-order valence-electron chi connectivity index (χ3n) is 0. The number of carboxylic acids is 2. The number of hydrogen-bond acceptors (Lipinski definition) is 2. The number of carbonyl (C=O) groups is 2. The first-order chi connectivity index (χ1) is 3.46. The molecule has 0 radical (unpaired) electrons. The van der Waals surface area contributed by atoms with Gasteiger partial charge >= 0.3 is 0 Å². The Morgan fingerprint density at radius 2 is 0.900 bits per heavy atom. The Hall–Kier alpha value is -0.100. The van der Waals surface area contributed by atoms with Crippen LogP contribution in [0, 0.1) is 0 Å². The normalized spacial score (nSPS) is 5.00. The number of rotatable bonds is 0. The topological polar surface area (TPSA) is 74.6 Å². The number of halogens is 2. The van der Waals surface area contributed by atoms with Crippen LogP contribution >= 0.6 is 34.0 Å². The van der Waals surface area contributed by atoms with E-state index in [-0.39, 0.29) is 34.0 Å². The minimum Gasteiger partial charge on any atom is -0.481 e. The highest BCUT2D eigenvalue weighted by Gasteiger charge is 1.65. The van der Waals surface area contributed by atoms with Crippen LogP contribution in [-0.4, -0.2) is 22.2 Å². The zero-order chi connectivity index (χ0) is 7.15. The van der Waals surface area contributed by atoms with Crippen LogP contribution in [-0.2, 0) is 9.59 Å². The van der Waals surface area contributed by atoms with E-state index in [1.807, 2.05) is 0 Å². The van der Waals surface area contributed by atoms with Crippen LogP contribution in [0.15, 0.2) is 0 Å². The summed E-state index contributed by atoms with van der Waals surface area (Å²) in [4.78, 5) is 18.0. The summed E-state index contributed by atoms with van der Waals surface area (Å²) in [5.74, 6) is -1.67. The van der Waals surface area contributed by atoms with Crippen molar-refractivity contribution in [1.82, 2.24) is 0 Å². The molecule has 0 aliphatic carbocycles. The van der Waals surface area contributed by atoms with Gasteiger partial charge in [-0.25, -0.2) is 0 Å². The smallest absolute Gasteiger partial charge is 0.300 e. The Labute approximate surface area is 79.8 Å². The van der Waals surface area contributed by atoms with Gasteiger partial charge in [0.2, 0.25) is 0 Å². The molecule has 0 atom stereocenters. The third kappa shape index (κ3) is 37600. The Kier molecular flexibility index (Phi) is 35.9. The molecule has 0 aliphatic rings. The van der Waals surface area contributed by atoms with Crippen molar-refractivity contribution < 1.29 is 19.8 Å². The van der Waals surface area contributed by atoms with Crippen molar-refractivity contribution in [3.8, 4) is 0 Å². The maximum absolute atomic E-state index is 9.00. The molecular weight excluding hydrogens is 272 g/mol. The summed E-state index contributed by atoms with van der Waals surface area (Å²) >= 11 is 0. The largest absolute Gasteiger partial charge is 0.481 e. The fourth-order valence-electron chi connectivity index (χ4n) is 0. The average Bonchev–Trinajstić information content (AvgIpc) is 1.25. The van der Waals surface area contributed by atoms with E-state index >= 15 is 0 Å². The molecule has 10 heavy (non-hydrogen) atoms. The van der Waals surface area contributed by atoms with Crippen LogP contribution in [0.2, 0.25) is 0 Å². The SMILES string of the molecule is Br.Br.CC(=O)O.CC(=O)O. The summed E-state index contributed by atoms with van der Waals surface area (Å²) in [6.07, 6.45) is 0. The van der Waals surface area contributed by atoms with E-state index in [2.05, 4.69) is 0 Å². The van der Waals surface area contributed by atoms with E-state index < -0.39 is 11.9 Å². The van der Waals surface area contributed by atoms with Crippen LogP contribution < -0.4 is 0 Å². The third-order valence-corrected chi connectivity index (χ3v) is 0. The van der Waals surface area contributed by atoms with Gasteiger partial charge < -0.3 is 10.2 Å². The second kappa shape index (κ2) is 16.0. The highest BCUT2D eigenvalue weighted by molar-refractivity contribution is 8.93. The molecule has 0 spiro atoms. The summed E-state index contributed by atoms with van der Waals surface area (Å²) in [6.45, 7) is 2.17. The van der Waals surface area contributed by atoms with Gasteiger partial charge in [-0.05, 0) is 0 Å². The molecule has 0 saturated carbocycles. The van der Waals surface area contributed by atoms with E-state index in [1.54, 1.807) is 0 Å². The van der Waals surface area contributed by atoms with Gasteiger partial charge in [-0.1, -0.05) is 0 Å². The summed E-state index contributed by atoms with van der Waals surface area (Å²) < 4.78 is 0. The van der Waals surface area contributed by atoms with Crippen LogP contribution in [0.1, 0.15) is 13.8 Å². The summed E-state index contributed by atoms with van der Waals surface area (Å²) in [5, 5.41) is 14.8. The highest BCUT2D eigenvalue weighted by Crippen LogP contribution is 1.42. The molecule has 6 heteroatoms. The van der Waals surface area contributed by atoms with Crippen LogP contribution in [0.3, 0.4) is 0 Å². The van der Waals surface area contributed by atoms with Crippen molar-refractivity contribution in [1.29, 1.82) is 0 Å². The first-order valence-electron chi connectivity index (χ1n) is 1.86. The average molecular weight is 282 g/mol.